The molecule has 0 saturated carbocycles. The van der Waals surface area contributed by atoms with Gasteiger partial charge in [-0.1, -0.05) is 145 Å². The van der Waals surface area contributed by atoms with Crippen LogP contribution in [0.5, 0.6) is 46.0 Å². The molecule has 0 radical (unpaired) electrons. The first-order chi connectivity index (χ1) is 59.6. The molecule has 0 spiro atoms. The molecule has 2 fully saturated rings. The van der Waals surface area contributed by atoms with Gasteiger partial charge in [0.05, 0.1) is 41.3 Å². The number of carboxylic acid groups (broad SMARTS) is 1. The van der Waals surface area contributed by atoms with Crippen molar-refractivity contribution in [3.63, 3.8) is 0 Å². The van der Waals surface area contributed by atoms with Crippen molar-refractivity contribution < 1.29 is 123 Å². The number of phenols is 3. The lowest BCUT2D eigenvalue weighted by Crippen LogP contribution is -2.65. The van der Waals surface area contributed by atoms with Gasteiger partial charge < -0.3 is 133 Å². The fraction of sp³-hybridized carbons (Fsp3) is 0.489. The Morgan fingerprint density at radius 1 is 0.648 bits per heavy atom. The number of aromatic hydroxyl groups is 3. The van der Waals surface area contributed by atoms with Crippen molar-refractivity contribution >= 4 is 76.4 Å². The summed E-state index contributed by atoms with van der Waals surface area (Å²) >= 11 is 14.3. The molecule has 11 bridgehead atoms. The van der Waals surface area contributed by atoms with E-state index >= 15 is 14.4 Å². The lowest BCUT2D eigenvalue weighted by atomic mass is 9.84. The average molecular weight is 1780 g/mol. The Hall–Kier alpha value is -10.5. The third-order valence-electron chi connectivity index (χ3n) is 23.0. The minimum Gasteiger partial charge on any atom is -0.508 e. The van der Waals surface area contributed by atoms with Gasteiger partial charge in [-0.25, -0.2) is 4.79 Å². The number of carboxylic acids is 1. The van der Waals surface area contributed by atoms with Crippen LogP contribution in [-0.4, -0.2) is 203 Å². The molecule has 18 atom stereocenters. The van der Waals surface area contributed by atoms with Gasteiger partial charge in [0.15, 0.2) is 29.9 Å². The molecule has 2 saturated heterocycles. The maximum atomic E-state index is 16.3. The number of primary amides is 1. The van der Waals surface area contributed by atoms with E-state index in [4.69, 9.17) is 57.4 Å². The van der Waals surface area contributed by atoms with Crippen LogP contribution in [0.3, 0.4) is 0 Å². The van der Waals surface area contributed by atoms with Gasteiger partial charge in [0.2, 0.25) is 53.4 Å². The molecule has 8 amide bonds. The number of aliphatic hydroxyl groups is 6. The van der Waals surface area contributed by atoms with E-state index in [2.05, 4.69) is 54.8 Å². The number of phenolic OH excluding ortho intramolecular Hbond substituents is 3. The molecule has 37 heteroatoms. The standard InChI is InChI=1S/C88H110Cl2N10O25/c1-7-8-9-10-11-12-13-14-15-16-17-18-29-93-79(111)45-21-19-44(20-22-45)40-94-88(5)39-65(120-43(4)78(88)110)124-77-75(109)74(108)63(41-101)123-87(77)125-76-61-34-49-35-62(76)122-60-28-25-48(33-54(60)90)73(107)71-85(117)98-69(86(118)119)52-36-50(102)37-58(104)66(52)51-31-46(23-26-57(51)103)67(82(114)100-71)97-83(115)68(49)96-81(113)56(38-64(91)105)95-84(116)70(99-80(112)55(92-6)30-42(2)3)72(106)47-24-27-59(121-61)53(89)32-47/h19-28,31-37,42-43,55-56,63,65,67-75,77-78,87,92,94,101-104,106-110H,7-18,29-30,38-41H2,1-6H3,(H2,91,105)(H,93,111)(H,95,116)(H,96,113)(H,97,115)(H,98,117)(H,99,112)(H,100,114)(H,118,119)/t43-,55+,56-,63+,65-,67+,68+,69-,70+,71-,72+,73+,74+,75-,77+,78+,87-,88-/m0/s1. The molecular weight excluding hydrogens is 1670 g/mol. The van der Waals surface area contributed by atoms with Crippen molar-refractivity contribution in [2.45, 2.75) is 247 Å². The van der Waals surface area contributed by atoms with Crippen LogP contribution in [0, 0.1) is 5.92 Å². The Morgan fingerprint density at radius 2 is 1.24 bits per heavy atom. The van der Waals surface area contributed by atoms with E-state index in [9.17, 15) is 79.8 Å². The van der Waals surface area contributed by atoms with Gasteiger partial charge in [0.1, 0.15) is 89.5 Å². The summed E-state index contributed by atoms with van der Waals surface area (Å²) in [6, 6.07) is 6.22. The van der Waals surface area contributed by atoms with Gasteiger partial charge in [-0.2, -0.15) is 0 Å². The predicted octanol–water partition coefficient (Wildman–Crippen LogP) is 6.37. The maximum Gasteiger partial charge on any atom is 0.330 e. The molecule has 0 aliphatic carbocycles. The zero-order valence-corrected chi connectivity index (χ0v) is 71.4. The van der Waals surface area contributed by atoms with E-state index in [-0.39, 0.29) is 58.7 Å². The van der Waals surface area contributed by atoms with Gasteiger partial charge >= 0.3 is 5.97 Å². The topological polar surface area (TPSA) is 546 Å². The quantitative estimate of drug-likeness (QED) is 0.0218. The van der Waals surface area contributed by atoms with Crippen LogP contribution in [0.25, 0.3) is 11.1 Å². The van der Waals surface area contributed by atoms with Crippen molar-refractivity contribution in [3.8, 4) is 57.1 Å². The number of benzene rings is 6. The zero-order valence-electron chi connectivity index (χ0n) is 69.9. The molecule has 35 nitrogen and oxygen atoms in total. The average Bonchev–Trinajstić information content (AvgIpc) is 0.764. The Bertz CT molecular complexity index is 4900. The molecule has 6 aromatic carbocycles. The van der Waals surface area contributed by atoms with Gasteiger partial charge in [-0.05, 0) is 134 Å². The largest absolute Gasteiger partial charge is 0.508 e. The number of unbranched alkanes of at least 4 members (excludes halogenated alkanes) is 11. The molecule has 0 aromatic heterocycles. The molecular formula is C88H110Cl2N10O25. The number of hydrogen-bond acceptors (Lipinski definition) is 26. The number of nitrogens with two attached hydrogens (primary N) is 1. The number of carbonyl (C=O) groups is 9. The first-order valence-electron chi connectivity index (χ1n) is 41.9. The van der Waals surface area contributed by atoms with Crippen molar-refractivity contribution in [3.05, 3.63) is 152 Å². The summed E-state index contributed by atoms with van der Waals surface area (Å²) in [5.74, 6) is -16.3. The fourth-order valence-electron chi connectivity index (χ4n) is 16.0. The van der Waals surface area contributed by atoms with Crippen LogP contribution >= 0.6 is 23.2 Å². The third-order valence-corrected chi connectivity index (χ3v) is 23.6. The number of nitrogens with one attached hydrogen (secondary N) is 9. The second kappa shape index (κ2) is 42.7. The van der Waals surface area contributed by atoms with Crippen LogP contribution in [0.4, 0.5) is 0 Å². The Kier molecular flexibility index (Phi) is 32.5. The Morgan fingerprint density at radius 3 is 1.83 bits per heavy atom. The summed E-state index contributed by atoms with van der Waals surface area (Å²) in [7, 11) is 1.48. The smallest absolute Gasteiger partial charge is 0.330 e. The Balaban J connectivity index is 1.01. The number of amides is 8. The van der Waals surface area contributed by atoms with Gasteiger partial charge in [-0.3, -0.25) is 38.4 Å². The minimum absolute atomic E-state index is 0.111. The predicted molar refractivity (Wildman–Crippen MR) is 452 cm³/mol. The third kappa shape index (κ3) is 23.2. The number of likely N-dealkylation sites (N-methyl/N-ethyl adjacent to an activating group) is 1. The second-order valence-electron chi connectivity index (χ2n) is 32.8. The monoisotopic (exact) mass is 1780 g/mol. The summed E-state index contributed by atoms with van der Waals surface area (Å²) in [5, 5.41) is 140. The van der Waals surface area contributed by atoms with E-state index in [1.165, 1.54) is 70.5 Å². The molecule has 0 unspecified atom stereocenters. The van der Waals surface area contributed by atoms with E-state index in [1.807, 2.05) is 13.8 Å². The van der Waals surface area contributed by atoms with Crippen molar-refractivity contribution in [2.24, 2.45) is 11.7 Å². The van der Waals surface area contributed by atoms with Crippen LogP contribution in [0.15, 0.2) is 103 Å². The molecule has 6 aromatic rings. The van der Waals surface area contributed by atoms with Crippen molar-refractivity contribution in [1.29, 1.82) is 0 Å². The number of aliphatic hydroxyl groups excluding tert-OH is 6. The number of aliphatic carboxylic acids is 1. The van der Waals surface area contributed by atoms with Crippen LogP contribution in [0.1, 0.15) is 205 Å². The molecule has 7 heterocycles. The highest BCUT2D eigenvalue weighted by Crippen LogP contribution is 2.50. The first-order valence-corrected chi connectivity index (χ1v) is 42.6. The SMILES string of the molecule is CCCCCCCCCCCCCCNC(=O)c1ccc(CN[C@@]2(C)C[C@H](O[C@H]3[C@H](Oc4c5cc6cc4Oc4ccc(cc4Cl)[C@@H](O)[C@@H](NC(=O)[C@@H](CC(C)C)NC)C(=O)N[C@@H](CC(N)=O)C(=O)N[C@H]6C(=O)N[C@H]4C(=O)N[C@H](C(=O)N[C@H](C(=O)O)c6cc(O)cc(O)c6-c6cc4ccc6O)[C@H](O)c4ccc(c(Cl)c4)O5)O[C@H](CO)[C@@H](O)[C@@H]3O)O[C@@H](C)[C@H]2O)cc1. The Labute approximate surface area is 731 Å². The minimum atomic E-state index is -2.37. The van der Waals surface area contributed by atoms with Crippen molar-refractivity contribution in [2.75, 3.05) is 20.2 Å². The first kappa shape index (κ1) is 95.2. The molecule has 125 heavy (non-hydrogen) atoms. The van der Waals surface area contributed by atoms with E-state index < -0.39 is 237 Å². The number of halogens is 2. The van der Waals surface area contributed by atoms with Gasteiger partial charge in [0, 0.05) is 53.4 Å². The number of fused-ring (bicyclic) bond motifs is 15. The second-order valence-corrected chi connectivity index (χ2v) is 33.6. The highest BCUT2D eigenvalue weighted by molar-refractivity contribution is 6.32. The van der Waals surface area contributed by atoms with Crippen LogP contribution < -0.4 is 67.8 Å². The van der Waals surface area contributed by atoms with Crippen LogP contribution in [-0.2, 0) is 59.1 Å². The van der Waals surface area contributed by atoms with Crippen molar-refractivity contribution in [1.82, 2.24) is 47.9 Å². The lowest BCUT2D eigenvalue weighted by molar-refractivity contribution is -0.334. The van der Waals surface area contributed by atoms with E-state index in [0.717, 1.165) is 98.0 Å². The summed E-state index contributed by atoms with van der Waals surface area (Å²) < 4.78 is 39.6. The number of ether oxygens (including phenoxy) is 6. The molecule has 13 rings (SSSR count). The molecule has 7 aliphatic heterocycles. The van der Waals surface area contributed by atoms with Crippen LogP contribution in [0.2, 0.25) is 10.0 Å². The number of carbonyl (C=O) groups excluding carboxylic acids is 8. The lowest BCUT2D eigenvalue weighted by Gasteiger charge is -2.48. The summed E-state index contributed by atoms with van der Waals surface area (Å²) in [4.78, 5) is 132. The highest BCUT2D eigenvalue weighted by Gasteiger charge is 2.52. The van der Waals surface area contributed by atoms with E-state index in [0.29, 0.717) is 12.1 Å². The maximum absolute atomic E-state index is 16.3. The van der Waals surface area contributed by atoms with Gasteiger partial charge in [0.25, 0.3) is 5.91 Å². The van der Waals surface area contributed by atoms with E-state index in [1.54, 1.807) is 38.1 Å². The summed E-state index contributed by atoms with van der Waals surface area (Å²) in [6.07, 6.45) is -4.65. The molecule has 7 aliphatic rings. The molecule has 21 N–H and O–H groups in total. The zero-order chi connectivity index (χ0) is 90.4. The normalized spacial score (nSPS) is 26.0. The number of hydrogen-bond donors (Lipinski definition) is 20. The number of rotatable bonds is 30. The summed E-state index contributed by atoms with van der Waals surface area (Å²) in [6.45, 7) is 8.78. The highest BCUT2D eigenvalue weighted by atomic mass is 35.5. The summed E-state index contributed by atoms with van der Waals surface area (Å²) in [5.41, 5.74) is 2.79. The van der Waals surface area contributed by atoms with Gasteiger partial charge in [-0.15, -0.1) is 0 Å². The molecule has 676 valence electrons. The fourth-order valence-corrected chi connectivity index (χ4v) is 16.4.